The quantitative estimate of drug-likeness (QED) is 0.356. The van der Waals surface area contributed by atoms with Crippen LogP contribution in [0.15, 0.2) is 23.3 Å². The maximum atomic E-state index is 11.7. The number of allylic oxidation sites excluding steroid dienone is 2. The molecule has 3 fully saturated rings. The van der Waals surface area contributed by atoms with Crippen molar-refractivity contribution in [3.05, 3.63) is 23.3 Å². The van der Waals surface area contributed by atoms with Gasteiger partial charge in [-0.3, -0.25) is 0 Å². The monoisotopic (exact) mass is 429 g/mol. The molecule has 4 heteroatoms. The first-order valence-electron chi connectivity index (χ1n) is 12.3. The minimum atomic E-state index is -0.121. The van der Waals surface area contributed by atoms with Gasteiger partial charge in [-0.1, -0.05) is 25.5 Å². The summed E-state index contributed by atoms with van der Waals surface area (Å²) in [5, 5.41) is 0.809. The Bertz CT molecular complexity index is 760. The van der Waals surface area contributed by atoms with Crippen LogP contribution < -0.4 is 5.73 Å². The topological polar surface area (TPSA) is 52.3 Å². The summed E-state index contributed by atoms with van der Waals surface area (Å²) in [4.78, 5) is 11.7. The summed E-state index contributed by atoms with van der Waals surface area (Å²) < 4.78 is 5.29. The molecule has 7 atom stereocenters. The number of carbonyl (C=O) groups excluding carboxylic acids is 1. The second-order valence-electron chi connectivity index (χ2n) is 11.1. The summed E-state index contributed by atoms with van der Waals surface area (Å²) >= 11 is 2.17. The van der Waals surface area contributed by atoms with Gasteiger partial charge in [0.25, 0.3) is 0 Å². The SMILES string of the molecule is C[C@]12CC[C@H]3[C@@H](CC=C4C[C@@H](SCCCN)CC[C@@]43C)[C@@H]1CC[C@@H]2C1=CC(=O)OC1. The van der Waals surface area contributed by atoms with Gasteiger partial charge < -0.3 is 10.5 Å². The van der Waals surface area contributed by atoms with Crippen LogP contribution >= 0.6 is 11.8 Å². The highest BCUT2D eigenvalue weighted by Crippen LogP contribution is 2.67. The maximum Gasteiger partial charge on any atom is 0.331 e. The number of esters is 1. The molecule has 0 radical (unpaired) electrons. The van der Waals surface area contributed by atoms with Crippen molar-refractivity contribution in [2.45, 2.75) is 76.9 Å². The van der Waals surface area contributed by atoms with Crippen molar-refractivity contribution in [2.24, 2.45) is 40.2 Å². The molecule has 1 heterocycles. The van der Waals surface area contributed by atoms with E-state index in [9.17, 15) is 4.79 Å². The zero-order valence-corrected chi connectivity index (χ0v) is 19.6. The lowest BCUT2D eigenvalue weighted by Crippen LogP contribution is -2.50. The third-order valence-electron chi connectivity index (χ3n) is 9.89. The van der Waals surface area contributed by atoms with Gasteiger partial charge in [0, 0.05) is 11.3 Å². The fourth-order valence-electron chi connectivity index (χ4n) is 8.30. The Balaban J connectivity index is 1.33. The van der Waals surface area contributed by atoms with Crippen LogP contribution in [0.2, 0.25) is 0 Å². The fraction of sp³-hybridized carbons (Fsp3) is 0.808. The second-order valence-corrected chi connectivity index (χ2v) is 12.5. The molecular weight excluding hydrogens is 390 g/mol. The van der Waals surface area contributed by atoms with Crippen LogP contribution in [0.3, 0.4) is 0 Å². The molecule has 3 saturated carbocycles. The van der Waals surface area contributed by atoms with E-state index < -0.39 is 0 Å². The van der Waals surface area contributed by atoms with Crippen molar-refractivity contribution in [2.75, 3.05) is 18.9 Å². The van der Waals surface area contributed by atoms with Crippen LogP contribution in [0, 0.1) is 34.5 Å². The van der Waals surface area contributed by atoms with Crippen molar-refractivity contribution in [1.82, 2.24) is 0 Å². The number of rotatable bonds is 5. The van der Waals surface area contributed by atoms with E-state index in [-0.39, 0.29) is 5.97 Å². The fourth-order valence-corrected chi connectivity index (χ4v) is 9.55. The molecule has 0 aromatic heterocycles. The standard InChI is InChI=1S/C26H39NO2S/c1-25-10-8-19(30-13-3-12-27)15-18(25)4-5-20-22-7-6-21(17-14-24(28)29-16-17)26(22,2)11-9-23(20)25/h4,14,19-23H,3,5-13,15-16,27H2,1-2H3/t19-,20-,21+,22-,23-,25-,26+/m0/s1. The molecule has 4 aliphatic carbocycles. The number of cyclic esters (lactones) is 1. The van der Waals surface area contributed by atoms with E-state index in [2.05, 4.69) is 31.7 Å². The molecule has 0 aromatic carbocycles. The minimum Gasteiger partial charge on any atom is -0.458 e. The van der Waals surface area contributed by atoms with Crippen molar-refractivity contribution in [1.29, 1.82) is 0 Å². The van der Waals surface area contributed by atoms with Gasteiger partial charge >= 0.3 is 5.97 Å². The van der Waals surface area contributed by atoms with E-state index >= 15 is 0 Å². The van der Waals surface area contributed by atoms with E-state index in [0.717, 1.165) is 36.0 Å². The average molecular weight is 430 g/mol. The second kappa shape index (κ2) is 7.99. The first kappa shape index (κ1) is 21.1. The van der Waals surface area contributed by atoms with E-state index in [1.165, 1.54) is 62.7 Å². The smallest absolute Gasteiger partial charge is 0.331 e. The number of fused-ring (bicyclic) bond motifs is 5. The highest BCUT2D eigenvalue weighted by Gasteiger charge is 2.59. The first-order valence-corrected chi connectivity index (χ1v) is 13.4. The van der Waals surface area contributed by atoms with Gasteiger partial charge in [-0.2, -0.15) is 11.8 Å². The van der Waals surface area contributed by atoms with Gasteiger partial charge in [0.15, 0.2) is 0 Å². The molecular formula is C26H39NO2S. The number of carbonyl (C=O) groups is 1. The van der Waals surface area contributed by atoms with E-state index in [1.54, 1.807) is 5.57 Å². The summed E-state index contributed by atoms with van der Waals surface area (Å²) in [6, 6.07) is 0. The lowest BCUT2D eigenvalue weighted by molar-refractivity contribution is -0.135. The number of thioether (sulfide) groups is 1. The molecule has 0 bridgehead atoms. The Labute approximate surface area is 186 Å². The highest BCUT2D eigenvalue weighted by atomic mass is 32.2. The van der Waals surface area contributed by atoms with Gasteiger partial charge in [0.05, 0.1) is 0 Å². The van der Waals surface area contributed by atoms with Gasteiger partial charge in [0.1, 0.15) is 6.61 Å². The van der Waals surface area contributed by atoms with Crippen LogP contribution in [-0.2, 0) is 9.53 Å². The van der Waals surface area contributed by atoms with Crippen molar-refractivity contribution >= 4 is 17.7 Å². The van der Waals surface area contributed by atoms with Crippen LogP contribution in [0.25, 0.3) is 0 Å². The van der Waals surface area contributed by atoms with Crippen LogP contribution in [0.5, 0.6) is 0 Å². The molecule has 5 aliphatic rings. The predicted molar refractivity (Wildman–Crippen MR) is 124 cm³/mol. The maximum absolute atomic E-state index is 11.7. The van der Waals surface area contributed by atoms with E-state index in [4.69, 9.17) is 10.5 Å². The Morgan fingerprint density at radius 3 is 2.80 bits per heavy atom. The lowest BCUT2D eigenvalue weighted by atomic mass is 9.47. The van der Waals surface area contributed by atoms with E-state index in [1.807, 2.05) is 6.08 Å². The molecule has 0 saturated heterocycles. The number of ether oxygens (including phenoxy) is 1. The van der Waals surface area contributed by atoms with Crippen molar-refractivity contribution < 1.29 is 9.53 Å². The third-order valence-corrected chi connectivity index (χ3v) is 11.3. The molecule has 166 valence electrons. The van der Waals surface area contributed by atoms with Gasteiger partial charge in [-0.05, 0) is 110 Å². The summed E-state index contributed by atoms with van der Waals surface area (Å²) in [6.45, 7) is 6.52. The van der Waals surface area contributed by atoms with Gasteiger partial charge in [-0.25, -0.2) is 4.79 Å². The predicted octanol–water partition coefficient (Wildman–Crippen LogP) is 5.50. The molecule has 3 nitrogen and oxygen atoms in total. The highest BCUT2D eigenvalue weighted by molar-refractivity contribution is 7.99. The number of nitrogens with two attached hydrogens (primary N) is 1. The normalized spacial score (nSPS) is 45.2. The number of hydrogen-bond acceptors (Lipinski definition) is 4. The summed E-state index contributed by atoms with van der Waals surface area (Å²) in [5.41, 5.74) is 9.57. The lowest BCUT2D eigenvalue weighted by Gasteiger charge is -2.58. The zero-order chi connectivity index (χ0) is 20.9. The molecule has 0 amide bonds. The third kappa shape index (κ3) is 3.32. The summed E-state index contributed by atoms with van der Waals surface area (Å²) in [6.07, 6.45) is 16.3. The van der Waals surface area contributed by atoms with Crippen molar-refractivity contribution in [3.8, 4) is 0 Å². The first-order chi connectivity index (χ1) is 14.5. The molecule has 30 heavy (non-hydrogen) atoms. The Hall–Kier alpha value is -0.740. The molecule has 1 aliphatic heterocycles. The largest absolute Gasteiger partial charge is 0.458 e. The summed E-state index contributed by atoms with van der Waals surface area (Å²) in [7, 11) is 0. The van der Waals surface area contributed by atoms with Crippen LogP contribution in [0.1, 0.15) is 71.6 Å². The Morgan fingerprint density at radius 2 is 2.03 bits per heavy atom. The Morgan fingerprint density at radius 1 is 1.17 bits per heavy atom. The van der Waals surface area contributed by atoms with Crippen LogP contribution in [0.4, 0.5) is 0 Å². The molecule has 5 rings (SSSR count). The van der Waals surface area contributed by atoms with Crippen LogP contribution in [-0.4, -0.2) is 30.1 Å². The molecule has 0 spiro atoms. The number of hydrogen-bond donors (Lipinski definition) is 1. The van der Waals surface area contributed by atoms with E-state index in [0.29, 0.717) is 23.4 Å². The zero-order valence-electron chi connectivity index (χ0n) is 18.8. The van der Waals surface area contributed by atoms with Gasteiger partial charge in [0.2, 0.25) is 0 Å². The van der Waals surface area contributed by atoms with Crippen molar-refractivity contribution in [3.63, 3.8) is 0 Å². The summed E-state index contributed by atoms with van der Waals surface area (Å²) in [5.74, 6) is 4.17. The van der Waals surface area contributed by atoms with Gasteiger partial charge in [-0.15, -0.1) is 0 Å². The molecule has 0 unspecified atom stereocenters. The molecule has 0 aromatic rings. The minimum absolute atomic E-state index is 0.121. The Kier molecular flexibility index (Phi) is 5.63. The average Bonchev–Trinajstić information content (AvgIpc) is 3.30. The molecule has 2 N–H and O–H groups in total.